The van der Waals surface area contributed by atoms with E-state index < -0.39 is 0 Å². The molecule has 0 spiro atoms. The van der Waals surface area contributed by atoms with Crippen molar-refractivity contribution in [2.24, 2.45) is 4.99 Å². The lowest BCUT2D eigenvalue weighted by atomic mass is 10.2. The average molecular weight is 438 g/mol. The summed E-state index contributed by atoms with van der Waals surface area (Å²) in [5.41, 5.74) is 4.12. The number of aliphatic imine (C=N–C) groups is 1. The number of thioether (sulfide) groups is 1. The molecular formula is C24H27N3O3S. The molecule has 162 valence electrons. The first kappa shape index (κ1) is 24.0. The molecule has 0 aliphatic heterocycles. The van der Waals surface area contributed by atoms with Gasteiger partial charge in [-0.2, -0.15) is 0 Å². The van der Waals surface area contributed by atoms with E-state index in [0.29, 0.717) is 6.41 Å². The Balaban J connectivity index is 0.000000262. The zero-order valence-corrected chi connectivity index (χ0v) is 18.8. The van der Waals surface area contributed by atoms with Gasteiger partial charge in [-0.1, -0.05) is 29.9 Å². The summed E-state index contributed by atoms with van der Waals surface area (Å²) in [7, 11) is 3.27. The number of aromatic nitrogens is 1. The number of rotatable bonds is 8. The van der Waals surface area contributed by atoms with Crippen LogP contribution in [0, 0.1) is 6.92 Å². The maximum Gasteiger partial charge on any atom is 0.211 e. The van der Waals surface area contributed by atoms with Gasteiger partial charge in [0.2, 0.25) is 6.41 Å². The molecule has 0 saturated heterocycles. The minimum Gasteiger partial charge on any atom is -0.493 e. The summed E-state index contributed by atoms with van der Waals surface area (Å²) in [6, 6.07) is 7.68. The molecule has 1 N–H and O–H groups in total. The van der Waals surface area contributed by atoms with Crippen molar-refractivity contribution in [1.29, 1.82) is 0 Å². The van der Waals surface area contributed by atoms with Crippen LogP contribution >= 0.6 is 11.8 Å². The highest BCUT2D eigenvalue weighted by atomic mass is 32.2. The Morgan fingerprint density at radius 1 is 1.26 bits per heavy atom. The van der Waals surface area contributed by atoms with Crippen LogP contribution in [-0.2, 0) is 4.79 Å². The van der Waals surface area contributed by atoms with Crippen molar-refractivity contribution >= 4 is 30.6 Å². The molecule has 1 aromatic carbocycles. The van der Waals surface area contributed by atoms with Gasteiger partial charge in [0.05, 0.1) is 24.8 Å². The number of ether oxygens (including phenoxy) is 2. The van der Waals surface area contributed by atoms with E-state index in [1.807, 2.05) is 49.4 Å². The van der Waals surface area contributed by atoms with E-state index in [2.05, 4.69) is 28.1 Å². The lowest BCUT2D eigenvalue weighted by Gasteiger charge is -2.06. The Morgan fingerprint density at radius 2 is 2.06 bits per heavy atom. The highest BCUT2D eigenvalue weighted by molar-refractivity contribution is 7.99. The minimum atomic E-state index is 0.688. The minimum absolute atomic E-state index is 0.688. The molecule has 0 atom stereocenters. The molecule has 1 amide bonds. The van der Waals surface area contributed by atoms with Crippen LogP contribution in [0.25, 0.3) is 0 Å². The van der Waals surface area contributed by atoms with Crippen molar-refractivity contribution in [2.45, 2.75) is 18.2 Å². The molecule has 7 heteroatoms. The number of carbonyl (C=O) groups excluding carboxylic acids is 1. The van der Waals surface area contributed by atoms with Crippen molar-refractivity contribution in [1.82, 2.24) is 10.3 Å². The number of hydrogen-bond donors (Lipinski definition) is 1. The average Bonchev–Trinajstić information content (AvgIpc) is 3.03. The molecule has 1 aliphatic carbocycles. The van der Waals surface area contributed by atoms with Crippen molar-refractivity contribution in [2.75, 3.05) is 20.0 Å². The fourth-order valence-corrected chi connectivity index (χ4v) is 3.65. The van der Waals surface area contributed by atoms with E-state index >= 15 is 0 Å². The van der Waals surface area contributed by atoms with E-state index in [-0.39, 0.29) is 0 Å². The third-order valence-corrected chi connectivity index (χ3v) is 5.44. The SMILES string of the molecule is C=Nc1ccncc1SCC1=CC=CC(NC=O)=CC1.COc1ccc(C)cc1OC. The van der Waals surface area contributed by atoms with Gasteiger partial charge in [-0.3, -0.25) is 14.8 Å². The molecule has 1 heterocycles. The predicted molar refractivity (Wildman–Crippen MR) is 128 cm³/mol. The summed E-state index contributed by atoms with van der Waals surface area (Å²) in [6.45, 7) is 5.58. The Hall–Kier alpha value is -3.32. The third-order valence-electron chi connectivity index (χ3n) is 4.30. The van der Waals surface area contributed by atoms with Crippen LogP contribution in [0.15, 0.2) is 82.1 Å². The van der Waals surface area contributed by atoms with Crippen LogP contribution in [-0.4, -0.2) is 38.1 Å². The van der Waals surface area contributed by atoms with Crippen LogP contribution in [0.4, 0.5) is 5.69 Å². The number of allylic oxidation sites excluding steroid dienone is 4. The van der Waals surface area contributed by atoms with Crippen LogP contribution in [0.3, 0.4) is 0 Å². The van der Waals surface area contributed by atoms with Gasteiger partial charge in [-0.25, -0.2) is 0 Å². The summed E-state index contributed by atoms with van der Waals surface area (Å²) in [5.74, 6) is 2.41. The van der Waals surface area contributed by atoms with Gasteiger partial charge >= 0.3 is 0 Å². The van der Waals surface area contributed by atoms with E-state index in [4.69, 9.17) is 9.47 Å². The number of nitrogens with zero attached hydrogens (tertiary/aromatic N) is 2. The van der Waals surface area contributed by atoms with Crippen molar-refractivity contribution in [3.8, 4) is 11.5 Å². The summed E-state index contributed by atoms with van der Waals surface area (Å²) >= 11 is 1.68. The maximum atomic E-state index is 10.4. The third kappa shape index (κ3) is 7.79. The number of nitrogens with one attached hydrogen (secondary N) is 1. The summed E-state index contributed by atoms with van der Waals surface area (Å²) < 4.78 is 10.2. The van der Waals surface area contributed by atoms with Crippen molar-refractivity contribution < 1.29 is 14.3 Å². The Labute approximate surface area is 187 Å². The lowest BCUT2D eigenvalue weighted by Crippen LogP contribution is -2.07. The molecule has 2 aromatic rings. The smallest absolute Gasteiger partial charge is 0.211 e. The van der Waals surface area contributed by atoms with E-state index in [0.717, 1.165) is 40.0 Å². The van der Waals surface area contributed by atoms with Gasteiger partial charge in [0, 0.05) is 23.8 Å². The first-order valence-corrected chi connectivity index (χ1v) is 10.6. The molecule has 3 rings (SSSR count). The van der Waals surface area contributed by atoms with E-state index in [1.165, 1.54) is 11.1 Å². The number of amides is 1. The normalized spacial score (nSPS) is 12.4. The molecule has 0 saturated carbocycles. The maximum absolute atomic E-state index is 10.4. The second-order valence-corrected chi connectivity index (χ2v) is 7.48. The van der Waals surface area contributed by atoms with Crippen molar-refractivity contribution in [3.05, 3.63) is 77.8 Å². The highest BCUT2D eigenvalue weighted by Crippen LogP contribution is 2.30. The lowest BCUT2D eigenvalue weighted by molar-refractivity contribution is -0.108. The fraction of sp³-hybridized carbons (Fsp3) is 0.208. The molecule has 31 heavy (non-hydrogen) atoms. The molecule has 0 bridgehead atoms. The van der Waals surface area contributed by atoms with Gasteiger partial charge in [0.15, 0.2) is 11.5 Å². The Morgan fingerprint density at radius 3 is 2.77 bits per heavy atom. The first-order valence-electron chi connectivity index (χ1n) is 9.59. The molecule has 0 fully saturated rings. The van der Waals surface area contributed by atoms with E-state index in [1.54, 1.807) is 38.4 Å². The topological polar surface area (TPSA) is 72.8 Å². The number of aryl methyl sites for hydroxylation is 1. The fourth-order valence-electron chi connectivity index (χ4n) is 2.68. The highest BCUT2D eigenvalue weighted by Gasteiger charge is 2.05. The number of hydrogen-bond acceptors (Lipinski definition) is 6. The first-order chi connectivity index (χ1) is 15.1. The van der Waals surface area contributed by atoms with Gasteiger partial charge in [0.1, 0.15) is 0 Å². The molecule has 1 aromatic heterocycles. The molecule has 1 aliphatic rings. The standard InChI is InChI=1S/C15H15N3OS.C9H12O2/c1-16-14-7-8-17-9-15(14)20-10-12-3-2-4-13(6-5-12)18-11-19;1-7-4-5-8(10-2)9(6-7)11-3/h2-4,6-9,11H,1,5,10H2,(H,18,19);4-6H,1-3H3. The van der Waals surface area contributed by atoms with Crippen LogP contribution < -0.4 is 14.8 Å². The summed E-state index contributed by atoms with van der Waals surface area (Å²) in [6.07, 6.45) is 12.9. The van der Waals surface area contributed by atoms with Gasteiger partial charge in [-0.15, -0.1) is 11.8 Å². The summed E-state index contributed by atoms with van der Waals surface area (Å²) in [5, 5.41) is 2.66. The van der Waals surface area contributed by atoms with Crippen LogP contribution in [0.2, 0.25) is 0 Å². The number of pyridine rings is 1. The Bertz CT molecular complexity index is 984. The zero-order chi connectivity index (χ0) is 22.5. The van der Waals surface area contributed by atoms with Crippen LogP contribution in [0.5, 0.6) is 11.5 Å². The molecule has 0 radical (unpaired) electrons. The van der Waals surface area contributed by atoms with Crippen LogP contribution in [0.1, 0.15) is 12.0 Å². The second-order valence-electron chi connectivity index (χ2n) is 6.46. The molecule has 0 unspecified atom stereocenters. The zero-order valence-electron chi connectivity index (χ0n) is 18.0. The predicted octanol–water partition coefficient (Wildman–Crippen LogP) is 5.03. The summed E-state index contributed by atoms with van der Waals surface area (Å²) in [4.78, 5) is 19.5. The number of methoxy groups -OCH3 is 2. The second kappa shape index (κ2) is 13.1. The van der Waals surface area contributed by atoms with Gasteiger partial charge in [-0.05, 0) is 49.9 Å². The quantitative estimate of drug-likeness (QED) is 0.356. The monoisotopic (exact) mass is 437 g/mol. The largest absolute Gasteiger partial charge is 0.493 e. The molecule has 6 nitrogen and oxygen atoms in total. The van der Waals surface area contributed by atoms with E-state index in [9.17, 15) is 4.79 Å². The number of carbonyl (C=O) groups is 1. The van der Waals surface area contributed by atoms with Gasteiger partial charge in [0.25, 0.3) is 0 Å². The molecular weight excluding hydrogens is 410 g/mol. The Kier molecular flexibility index (Phi) is 10.1. The number of benzene rings is 1. The van der Waals surface area contributed by atoms with Crippen molar-refractivity contribution in [3.63, 3.8) is 0 Å². The van der Waals surface area contributed by atoms with Gasteiger partial charge < -0.3 is 14.8 Å².